The zero-order valence-corrected chi connectivity index (χ0v) is 18.1. The maximum absolute atomic E-state index is 6.03. The molecule has 3 aromatic rings. The molecule has 0 radical (unpaired) electrons. The summed E-state index contributed by atoms with van der Waals surface area (Å²) < 4.78 is 16.9. The zero-order valence-electron chi connectivity index (χ0n) is 18.1. The van der Waals surface area contributed by atoms with E-state index in [1.165, 1.54) is 5.56 Å². The molecule has 0 N–H and O–H groups in total. The summed E-state index contributed by atoms with van der Waals surface area (Å²) in [4.78, 5) is 9.70. The van der Waals surface area contributed by atoms with Gasteiger partial charge in [-0.15, -0.1) is 0 Å². The van der Waals surface area contributed by atoms with E-state index in [9.17, 15) is 0 Å². The van der Waals surface area contributed by atoms with E-state index < -0.39 is 0 Å². The Bertz CT molecular complexity index is 987. The molecule has 158 valence electrons. The number of piperazine rings is 1. The predicted molar refractivity (Wildman–Crippen MR) is 117 cm³/mol. The average molecular weight is 408 g/mol. The Balaban J connectivity index is 1.55. The van der Waals surface area contributed by atoms with Crippen molar-refractivity contribution in [2.24, 2.45) is 0 Å². The van der Waals surface area contributed by atoms with Gasteiger partial charge in [-0.1, -0.05) is 30.3 Å². The first-order chi connectivity index (χ1) is 14.6. The van der Waals surface area contributed by atoms with Gasteiger partial charge in [0.15, 0.2) is 0 Å². The van der Waals surface area contributed by atoms with E-state index in [1.54, 1.807) is 14.2 Å². The minimum Gasteiger partial charge on any atom is -0.497 e. The smallest absolute Gasteiger partial charge is 0.230 e. The van der Waals surface area contributed by atoms with Gasteiger partial charge in [0, 0.05) is 32.2 Å². The van der Waals surface area contributed by atoms with Crippen LogP contribution in [0.1, 0.15) is 23.1 Å². The molecule has 0 bridgehead atoms. The molecule has 0 aliphatic carbocycles. The molecule has 1 aliphatic rings. The molecule has 1 unspecified atom stereocenters. The molecule has 1 saturated heterocycles. The van der Waals surface area contributed by atoms with Crippen LogP contribution in [0, 0.1) is 6.92 Å². The number of rotatable bonds is 6. The fourth-order valence-corrected chi connectivity index (χ4v) is 3.99. The molecule has 1 aromatic heterocycles. The van der Waals surface area contributed by atoms with Crippen molar-refractivity contribution in [2.75, 3.05) is 40.9 Å². The lowest BCUT2D eigenvalue weighted by atomic mass is 10.0. The number of likely N-dealkylation sites (N-methyl/N-ethyl adjacent to an activating group) is 1. The minimum atomic E-state index is 0.380. The van der Waals surface area contributed by atoms with Gasteiger partial charge in [-0.05, 0) is 37.7 Å². The van der Waals surface area contributed by atoms with Crippen molar-refractivity contribution in [3.63, 3.8) is 0 Å². The third-order valence-corrected chi connectivity index (χ3v) is 5.82. The van der Waals surface area contributed by atoms with Gasteiger partial charge < -0.3 is 13.9 Å². The number of benzene rings is 2. The Morgan fingerprint density at radius 3 is 2.60 bits per heavy atom. The summed E-state index contributed by atoms with van der Waals surface area (Å²) in [5, 5.41) is 0. The van der Waals surface area contributed by atoms with Crippen molar-refractivity contribution in [3.05, 3.63) is 65.5 Å². The second kappa shape index (κ2) is 8.90. The second-order valence-electron chi connectivity index (χ2n) is 7.73. The van der Waals surface area contributed by atoms with Crippen molar-refractivity contribution in [1.29, 1.82) is 0 Å². The van der Waals surface area contributed by atoms with Crippen LogP contribution in [0.5, 0.6) is 11.5 Å². The maximum Gasteiger partial charge on any atom is 0.230 e. The van der Waals surface area contributed by atoms with Gasteiger partial charge in [0.05, 0.1) is 25.5 Å². The van der Waals surface area contributed by atoms with Crippen LogP contribution in [0.15, 0.2) is 52.9 Å². The molecule has 4 rings (SSSR count). The SMILES string of the molecule is COc1ccc(OC)c(-c2nc(CN3CCN(C)C(c4ccccc4)C3)c(C)o2)c1. The van der Waals surface area contributed by atoms with Gasteiger partial charge in [-0.25, -0.2) is 4.98 Å². The highest BCUT2D eigenvalue weighted by molar-refractivity contribution is 5.65. The van der Waals surface area contributed by atoms with Crippen LogP contribution in [-0.2, 0) is 6.54 Å². The number of nitrogens with zero attached hydrogens (tertiary/aromatic N) is 3. The van der Waals surface area contributed by atoms with Crippen LogP contribution in [-0.4, -0.2) is 55.7 Å². The number of aromatic nitrogens is 1. The summed E-state index contributed by atoms with van der Waals surface area (Å²) in [5.74, 6) is 2.86. The largest absolute Gasteiger partial charge is 0.497 e. The van der Waals surface area contributed by atoms with E-state index in [1.807, 2.05) is 25.1 Å². The fourth-order valence-electron chi connectivity index (χ4n) is 3.99. The Labute approximate surface area is 178 Å². The van der Waals surface area contributed by atoms with Crippen molar-refractivity contribution >= 4 is 0 Å². The quantitative estimate of drug-likeness (QED) is 0.612. The first kappa shape index (κ1) is 20.4. The standard InChI is InChI=1S/C24H29N3O3/c1-17-21(25-24(30-17)20-14-19(28-3)10-11-23(20)29-4)15-27-13-12-26(2)22(16-27)18-8-6-5-7-9-18/h5-11,14,22H,12-13,15-16H2,1-4H3. The summed E-state index contributed by atoms with van der Waals surface area (Å²) in [7, 11) is 5.49. The molecule has 1 atom stereocenters. The van der Waals surface area contributed by atoms with Gasteiger partial charge in [0.25, 0.3) is 0 Å². The molecule has 30 heavy (non-hydrogen) atoms. The van der Waals surface area contributed by atoms with Crippen LogP contribution >= 0.6 is 0 Å². The third-order valence-electron chi connectivity index (χ3n) is 5.82. The summed E-state index contributed by atoms with van der Waals surface area (Å²) in [6, 6.07) is 16.7. The molecule has 0 saturated carbocycles. The summed E-state index contributed by atoms with van der Waals surface area (Å²) in [5.41, 5.74) is 3.11. The van der Waals surface area contributed by atoms with Crippen LogP contribution in [0.25, 0.3) is 11.5 Å². The van der Waals surface area contributed by atoms with E-state index in [0.29, 0.717) is 17.7 Å². The van der Waals surface area contributed by atoms with Gasteiger partial charge in [-0.2, -0.15) is 0 Å². The highest BCUT2D eigenvalue weighted by Crippen LogP contribution is 2.34. The number of aryl methyl sites for hydroxylation is 1. The molecule has 6 nitrogen and oxygen atoms in total. The summed E-state index contributed by atoms with van der Waals surface area (Å²) in [6.07, 6.45) is 0. The van der Waals surface area contributed by atoms with Gasteiger partial charge in [0.1, 0.15) is 17.3 Å². The van der Waals surface area contributed by atoms with Crippen molar-refractivity contribution in [2.45, 2.75) is 19.5 Å². The van der Waals surface area contributed by atoms with Gasteiger partial charge >= 0.3 is 0 Å². The topological polar surface area (TPSA) is 51.0 Å². The minimum absolute atomic E-state index is 0.380. The summed E-state index contributed by atoms with van der Waals surface area (Å²) in [6.45, 7) is 5.73. The molecule has 1 fully saturated rings. The van der Waals surface area contributed by atoms with Gasteiger partial charge in [0.2, 0.25) is 5.89 Å². The third kappa shape index (κ3) is 4.20. The lowest BCUT2D eigenvalue weighted by molar-refractivity contribution is 0.0894. The average Bonchev–Trinajstić information content (AvgIpc) is 3.15. The molecule has 0 amide bonds. The van der Waals surface area contributed by atoms with Crippen LogP contribution in [0.3, 0.4) is 0 Å². The Hall–Kier alpha value is -2.83. The molecular formula is C24H29N3O3. The molecule has 2 heterocycles. The molecule has 0 spiro atoms. The molecular weight excluding hydrogens is 378 g/mol. The predicted octanol–water partition coefficient (Wildman–Crippen LogP) is 4.16. The molecule has 6 heteroatoms. The Morgan fingerprint density at radius 1 is 1.07 bits per heavy atom. The van der Waals surface area contributed by atoms with E-state index in [2.05, 4.69) is 47.2 Å². The van der Waals surface area contributed by atoms with Crippen LogP contribution in [0.2, 0.25) is 0 Å². The summed E-state index contributed by atoms with van der Waals surface area (Å²) >= 11 is 0. The monoisotopic (exact) mass is 407 g/mol. The van der Waals surface area contributed by atoms with Crippen molar-refractivity contribution in [1.82, 2.24) is 14.8 Å². The molecule has 1 aliphatic heterocycles. The van der Waals surface area contributed by atoms with Gasteiger partial charge in [-0.3, -0.25) is 9.80 Å². The number of hydrogen-bond acceptors (Lipinski definition) is 6. The number of ether oxygens (including phenoxy) is 2. The first-order valence-electron chi connectivity index (χ1n) is 10.2. The number of methoxy groups -OCH3 is 2. The van der Waals surface area contributed by atoms with E-state index in [-0.39, 0.29) is 0 Å². The lowest BCUT2D eigenvalue weighted by Crippen LogP contribution is -2.46. The van der Waals surface area contributed by atoms with Crippen LogP contribution < -0.4 is 9.47 Å². The Kier molecular flexibility index (Phi) is 6.06. The first-order valence-corrected chi connectivity index (χ1v) is 10.2. The van der Waals surface area contributed by atoms with E-state index in [0.717, 1.165) is 48.9 Å². The maximum atomic E-state index is 6.03. The van der Waals surface area contributed by atoms with E-state index >= 15 is 0 Å². The lowest BCUT2D eigenvalue weighted by Gasteiger charge is -2.39. The highest BCUT2D eigenvalue weighted by atomic mass is 16.5. The fraction of sp³-hybridized carbons (Fsp3) is 0.375. The van der Waals surface area contributed by atoms with Crippen molar-refractivity contribution < 1.29 is 13.9 Å². The number of oxazole rings is 1. The Morgan fingerprint density at radius 2 is 1.87 bits per heavy atom. The van der Waals surface area contributed by atoms with Crippen molar-refractivity contribution in [3.8, 4) is 23.0 Å². The number of hydrogen-bond donors (Lipinski definition) is 0. The van der Waals surface area contributed by atoms with Crippen LogP contribution in [0.4, 0.5) is 0 Å². The normalized spacial score (nSPS) is 17.8. The zero-order chi connectivity index (χ0) is 21.1. The van der Waals surface area contributed by atoms with E-state index in [4.69, 9.17) is 18.9 Å². The highest BCUT2D eigenvalue weighted by Gasteiger charge is 2.27. The molecule has 2 aromatic carbocycles. The second-order valence-corrected chi connectivity index (χ2v) is 7.73.